The first-order valence-corrected chi connectivity index (χ1v) is 12.3. The summed E-state index contributed by atoms with van der Waals surface area (Å²) < 4.78 is 13.3. The summed E-state index contributed by atoms with van der Waals surface area (Å²) in [6.45, 7) is 13.3. The highest BCUT2D eigenvalue weighted by Crippen LogP contribution is 2.25. The van der Waals surface area contributed by atoms with Gasteiger partial charge in [-0.3, -0.25) is 9.13 Å². The highest BCUT2D eigenvalue weighted by atomic mass is 35.5. The maximum absolute atomic E-state index is 12.6. The number of carbonyl (C=O) groups excluding carboxylic acids is 1. The van der Waals surface area contributed by atoms with Gasteiger partial charge in [0.05, 0.1) is 5.69 Å². The third kappa shape index (κ3) is 9.55. The standard InChI is InChI=1S/C18H13ClN4O2.C5H11NO2.2C2H6.CH4/c1-22-17-15(16(19)20-11-21-17)23(18(22)24)12-7-9-14(10-8-12)25-13-5-3-2-4-6-13;1-5(2,3)8-4(6)7;2*1-2;/h2-11H,1H3;1-3H3,(H2,6,7);2*1-2H3;1H4. The molecule has 0 bridgehead atoms. The smallest absolute Gasteiger partial charge is 0.405 e. The van der Waals surface area contributed by atoms with E-state index < -0.39 is 11.7 Å². The van der Waals surface area contributed by atoms with Crippen LogP contribution in [0.1, 0.15) is 55.9 Å². The number of halogens is 1. The molecule has 2 aromatic heterocycles. The number of benzene rings is 2. The van der Waals surface area contributed by atoms with Gasteiger partial charge in [0.1, 0.15) is 28.9 Å². The fraction of sp³-hybridized carbons (Fsp3) is 0.357. The predicted octanol–water partition coefficient (Wildman–Crippen LogP) is 7.13. The van der Waals surface area contributed by atoms with E-state index in [1.165, 1.54) is 15.5 Å². The Bertz CT molecular complexity index is 1310. The second kappa shape index (κ2) is 16.1. The Morgan fingerprint density at radius 1 is 0.921 bits per heavy atom. The number of amides is 1. The molecule has 1 amide bonds. The molecule has 2 aromatic carbocycles. The molecule has 0 aliphatic carbocycles. The number of hydrogen-bond acceptors (Lipinski definition) is 6. The summed E-state index contributed by atoms with van der Waals surface area (Å²) in [7, 11) is 1.65. The van der Waals surface area contributed by atoms with E-state index in [2.05, 4.69) is 14.7 Å². The molecule has 0 saturated heterocycles. The lowest BCUT2D eigenvalue weighted by Crippen LogP contribution is -2.27. The molecule has 10 heteroatoms. The molecule has 208 valence electrons. The van der Waals surface area contributed by atoms with Crippen LogP contribution in [0.2, 0.25) is 5.15 Å². The first kappa shape index (κ1) is 34.1. The average Bonchev–Trinajstić information content (AvgIpc) is 3.13. The summed E-state index contributed by atoms with van der Waals surface area (Å²) in [4.78, 5) is 30.7. The van der Waals surface area contributed by atoms with Gasteiger partial charge in [0.25, 0.3) is 0 Å². The Labute approximate surface area is 230 Å². The molecule has 2 heterocycles. The van der Waals surface area contributed by atoms with Crippen LogP contribution in [0, 0.1) is 0 Å². The van der Waals surface area contributed by atoms with Gasteiger partial charge in [0.2, 0.25) is 0 Å². The molecule has 9 nitrogen and oxygen atoms in total. The predicted molar refractivity (Wildman–Crippen MR) is 155 cm³/mol. The zero-order chi connectivity index (χ0) is 28.2. The van der Waals surface area contributed by atoms with Crippen molar-refractivity contribution in [1.29, 1.82) is 0 Å². The molecule has 0 aliphatic heterocycles. The second-order valence-corrected chi connectivity index (χ2v) is 8.31. The number of para-hydroxylation sites is 1. The van der Waals surface area contributed by atoms with Crippen molar-refractivity contribution in [1.82, 2.24) is 19.1 Å². The summed E-state index contributed by atoms with van der Waals surface area (Å²) in [5.41, 5.74) is 5.64. The number of primary amides is 1. The largest absolute Gasteiger partial charge is 0.457 e. The number of carbonyl (C=O) groups is 1. The normalized spacial score (nSPS) is 9.82. The number of ether oxygens (including phenoxy) is 2. The quantitative estimate of drug-likeness (QED) is 0.274. The van der Waals surface area contributed by atoms with Crippen molar-refractivity contribution in [2.45, 2.75) is 61.5 Å². The number of rotatable bonds is 3. The zero-order valence-electron chi connectivity index (χ0n) is 22.7. The lowest BCUT2D eigenvalue weighted by atomic mass is 10.2. The van der Waals surface area contributed by atoms with Gasteiger partial charge in [0, 0.05) is 7.05 Å². The Morgan fingerprint density at radius 2 is 1.45 bits per heavy atom. The van der Waals surface area contributed by atoms with Gasteiger partial charge in [0.15, 0.2) is 10.8 Å². The fourth-order valence-electron chi connectivity index (χ4n) is 2.95. The number of fused-ring (bicyclic) bond motifs is 1. The van der Waals surface area contributed by atoms with E-state index in [1.807, 2.05) is 58.0 Å². The fourth-order valence-corrected chi connectivity index (χ4v) is 3.16. The van der Waals surface area contributed by atoms with Gasteiger partial charge in [-0.05, 0) is 57.2 Å². The zero-order valence-corrected chi connectivity index (χ0v) is 23.4. The maximum atomic E-state index is 12.6. The van der Waals surface area contributed by atoms with Crippen LogP contribution in [0.25, 0.3) is 16.9 Å². The van der Waals surface area contributed by atoms with Crippen LogP contribution in [0.4, 0.5) is 4.79 Å². The minimum atomic E-state index is -0.725. The van der Waals surface area contributed by atoms with Crippen molar-refractivity contribution >= 4 is 28.9 Å². The first-order chi connectivity index (χ1) is 17.6. The van der Waals surface area contributed by atoms with Crippen LogP contribution in [0.5, 0.6) is 11.5 Å². The topological polar surface area (TPSA) is 114 Å². The minimum Gasteiger partial charge on any atom is -0.457 e. The van der Waals surface area contributed by atoms with Crippen LogP contribution < -0.4 is 16.2 Å². The van der Waals surface area contributed by atoms with Crippen molar-refractivity contribution in [3.8, 4) is 17.2 Å². The van der Waals surface area contributed by atoms with Gasteiger partial charge in [-0.15, -0.1) is 0 Å². The Hall–Kier alpha value is -3.85. The molecule has 0 spiro atoms. The molecule has 0 radical (unpaired) electrons. The van der Waals surface area contributed by atoms with Gasteiger partial charge >= 0.3 is 11.8 Å². The first-order valence-electron chi connectivity index (χ1n) is 12.0. The molecule has 2 N–H and O–H groups in total. The molecule has 0 saturated carbocycles. The lowest BCUT2D eigenvalue weighted by Gasteiger charge is -2.16. The van der Waals surface area contributed by atoms with E-state index in [9.17, 15) is 9.59 Å². The molecule has 0 atom stereocenters. The van der Waals surface area contributed by atoms with E-state index in [0.29, 0.717) is 22.6 Å². The van der Waals surface area contributed by atoms with Gasteiger partial charge in [-0.25, -0.2) is 19.6 Å². The Balaban J connectivity index is 0.000000904. The van der Waals surface area contributed by atoms with Crippen molar-refractivity contribution in [3.05, 3.63) is 76.6 Å². The summed E-state index contributed by atoms with van der Waals surface area (Å²) in [5.74, 6) is 1.42. The van der Waals surface area contributed by atoms with E-state index in [0.717, 1.165) is 5.75 Å². The maximum Gasteiger partial charge on any atom is 0.405 e. The summed E-state index contributed by atoms with van der Waals surface area (Å²) >= 11 is 6.19. The molecular weight excluding hydrogens is 506 g/mol. The van der Waals surface area contributed by atoms with E-state index in [1.54, 1.807) is 52.1 Å². The van der Waals surface area contributed by atoms with Crippen LogP contribution in [0.3, 0.4) is 0 Å². The summed E-state index contributed by atoms with van der Waals surface area (Å²) in [6.07, 6.45) is 0.614. The van der Waals surface area contributed by atoms with Gasteiger partial charge in [-0.1, -0.05) is 64.9 Å². The van der Waals surface area contributed by atoms with Crippen molar-refractivity contribution in [3.63, 3.8) is 0 Å². The number of aromatic nitrogens is 4. The molecule has 38 heavy (non-hydrogen) atoms. The molecule has 0 unspecified atom stereocenters. The molecule has 4 rings (SSSR count). The number of nitrogens with two attached hydrogens (primary N) is 1. The van der Waals surface area contributed by atoms with Gasteiger partial charge in [-0.2, -0.15) is 0 Å². The van der Waals surface area contributed by atoms with E-state index in [-0.39, 0.29) is 18.3 Å². The molecule has 0 aliphatic rings. The summed E-state index contributed by atoms with van der Waals surface area (Å²) in [5, 5.41) is 0.229. The Kier molecular flexibility index (Phi) is 14.5. The minimum absolute atomic E-state index is 0. The number of nitrogens with zero attached hydrogens (tertiary/aromatic N) is 4. The van der Waals surface area contributed by atoms with Crippen LogP contribution in [-0.2, 0) is 11.8 Å². The molecular formula is C28H40ClN5O4. The molecule has 0 fully saturated rings. The van der Waals surface area contributed by atoms with Crippen LogP contribution in [0.15, 0.2) is 65.7 Å². The van der Waals surface area contributed by atoms with Crippen molar-refractivity contribution in [2.24, 2.45) is 12.8 Å². The van der Waals surface area contributed by atoms with E-state index in [4.69, 9.17) is 22.1 Å². The number of aryl methyl sites for hydroxylation is 1. The molecule has 4 aromatic rings. The lowest BCUT2D eigenvalue weighted by molar-refractivity contribution is 0.0600. The van der Waals surface area contributed by atoms with Crippen molar-refractivity contribution in [2.75, 3.05) is 0 Å². The third-order valence-corrected chi connectivity index (χ3v) is 4.54. The van der Waals surface area contributed by atoms with E-state index >= 15 is 0 Å². The number of hydrogen-bond donors (Lipinski definition) is 1. The Morgan fingerprint density at radius 3 is 1.92 bits per heavy atom. The third-order valence-electron chi connectivity index (χ3n) is 4.26. The summed E-state index contributed by atoms with van der Waals surface area (Å²) in [6, 6.07) is 16.7. The highest BCUT2D eigenvalue weighted by Gasteiger charge is 2.17. The number of imidazole rings is 1. The van der Waals surface area contributed by atoms with Crippen molar-refractivity contribution < 1.29 is 14.3 Å². The monoisotopic (exact) mass is 545 g/mol. The van der Waals surface area contributed by atoms with Gasteiger partial charge < -0.3 is 15.2 Å². The average molecular weight is 546 g/mol. The second-order valence-electron chi connectivity index (χ2n) is 7.96. The SMILES string of the molecule is C.CC.CC.CC(C)(C)OC(N)=O.Cn1c(=O)n(-c2ccc(Oc3ccccc3)cc2)c2c(Cl)ncnc21. The highest BCUT2D eigenvalue weighted by molar-refractivity contribution is 6.33. The van der Waals surface area contributed by atoms with Crippen LogP contribution in [-0.4, -0.2) is 30.8 Å². The van der Waals surface area contributed by atoms with Crippen LogP contribution >= 0.6 is 11.6 Å².